The first-order chi connectivity index (χ1) is 17.1. The number of aliphatic hydroxyl groups is 1. The normalized spacial score (nSPS) is 11.8. The molecule has 0 saturated carbocycles. The molecular formula is C23H20ClF3N4O4S. The second-order valence-corrected chi connectivity index (χ2v) is 9.53. The molecule has 2 aromatic heterocycles. The van der Waals surface area contributed by atoms with Crippen LogP contribution in [0, 0.1) is 11.3 Å². The molecule has 0 aliphatic carbocycles. The Hall–Kier alpha value is -3.24. The SMILES string of the molecule is N#Cc1cc(C(F)(F)F)ncc1-c1cc(S(=O)(=O)Nc2ccccn2)c(COCCCCO)cc1Cl. The third-order valence-corrected chi connectivity index (χ3v) is 6.65. The average Bonchev–Trinajstić information content (AvgIpc) is 2.83. The van der Waals surface area contributed by atoms with Crippen molar-refractivity contribution >= 4 is 27.4 Å². The zero-order valence-electron chi connectivity index (χ0n) is 18.6. The molecule has 8 nitrogen and oxygen atoms in total. The number of ether oxygens (including phenoxy) is 1. The predicted octanol–water partition coefficient (Wildman–Crippen LogP) is 4.78. The molecule has 3 aromatic rings. The number of nitrogens with one attached hydrogen (secondary N) is 1. The zero-order valence-corrected chi connectivity index (χ0v) is 20.2. The summed E-state index contributed by atoms with van der Waals surface area (Å²) in [6.45, 7) is 0.0780. The van der Waals surface area contributed by atoms with Gasteiger partial charge in [-0.2, -0.15) is 18.4 Å². The number of alkyl halides is 3. The number of rotatable bonds is 10. The lowest BCUT2D eigenvalue weighted by Gasteiger charge is -2.16. The Balaban J connectivity index is 2.10. The summed E-state index contributed by atoms with van der Waals surface area (Å²) < 4.78 is 73.7. The van der Waals surface area contributed by atoms with Gasteiger partial charge in [0.25, 0.3) is 10.0 Å². The molecule has 2 heterocycles. The number of unbranched alkanes of at least 4 members (excludes halogenated alkanes) is 1. The Morgan fingerprint density at radius 1 is 1.14 bits per heavy atom. The first kappa shape index (κ1) is 27.3. The molecule has 13 heteroatoms. The van der Waals surface area contributed by atoms with Gasteiger partial charge in [-0.15, -0.1) is 0 Å². The fourth-order valence-corrected chi connectivity index (χ4v) is 4.73. The standard InChI is InChI=1S/C23H20ClF3N4O4S/c24-19-9-16(14-35-8-4-3-7-32)20(36(33,34)31-22-5-1-2-6-29-22)11-17(19)18-13-30-21(23(25,26)27)10-15(18)12-28/h1-2,5-6,9-11,13,32H,3-4,7-8,14H2,(H,29,31). The summed E-state index contributed by atoms with van der Waals surface area (Å²) in [5.74, 6) is 0.0396. The van der Waals surface area contributed by atoms with E-state index >= 15 is 0 Å². The number of aromatic nitrogens is 2. The van der Waals surface area contributed by atoms with Gasteiger partial charge >= 0.3 is 6.18 Å². The van der Waals surface area contributed by atoms with Crippen LogP contribution in [-0.2, 0) is 27.5 Å². The minimum atomic E-state index is -4.77. The van der Waals surface area contributed by atoms with E-state index in [9.17, 15) is 26.9 Å². The van der Waals surface area contributed by atoms with Crippen molar-refractivity contribution in [2.75, 3.05) is 17.9 Å². The first-order valence-corrected chi connectivity index (χ1v) is 12.4. The van der Waals surface area contributed by atoms with E-state index in [1.54, 1.807) is 18.2 Å². The Labute approximate surface area is 210 Å². The molecule has 0 atom stereocenters. The van der Waals surface area contributed by atoms with Crippen LogP contribution in [0.5, 0.6) is 0 Å². The summed E-state index contributed by atoms with van der Waals surface area (Å²) in [7, 11) is -4.26. The van der Waals surface area contributed by atoms with E-state index in [-0.39, 0.29) is 57.8 Å². The lowest BCUT2D eigenvalue weighted by Crippen LogP contribution is -2.17. The molecule has 0 radical (unpaired) electrons. The van der Waals surface area contributed by atoms with Crippen LogP contribution in [0.1, 0.15) is 29.7 Å². The van der Waals surface area contributed by atoms with Gasteiger partial charge in [0, 0.05) is 41.8 Å². The van der Waals surface area contributed by atoms with E-state index in [0.717, 1.165) is 12.3 Å². The van der Waals surface area contributed by atoms with Gasteiger partial charge in [-0.3, -0.25) is 9.71 Å². The molecule has 190 valence electrons. The van der Waals surface area contributed by atoms with Crippen LogP contribution in [0.15, 0.2) is 53.7 Å². The number of aliphatic hydroxyl groups excluding tert-OH is 1. The molecule has 0 bridgehead atoms. The number of hydrogen-bond donors (Lipinski definition) is 2. The largest absolute Gasteiger partial charge is 0.433 e. The van der Waals surface area contributed by atoms with Crippen molar-refractivity contribution in [1.82, 2.24) is 9.97 Å². The van der Waals surface area contributed by atoms with Crippen LogP contribution in [0.2, 0.25) is 5.02 Å². The number of nitriles is 1. The van der Waals surface area contributed by atoms with Gasteiger partial charge in [0.15, 0.2) is 0 Å². The number of pyridine rings is 2. The molecule has 2 N–H and O–H groups in total. The topological polar surface area (TPSA) is 125 Å². The Morgan fingerprint density at radius 3 is 2.56 bits per heavy atom. The summed E-state index contributed by atoms with van der Waals surface area (Å²) in [6.07, 6.45) is -1.50. The van der Waals surface area contributed by atoms with Crippen LogP contribution in [-0.4, -0.2) is 36.7 Å². The lowest BCUT2D eigenvalue weighted by atomic mass is 10.0. The van der Waals surface area contributed by atoms with Gasteiger partial charge in [-0.05, 0) is 48.7 Å². The summed E-state index contributed by atoms with van der Waals surface area (Å²) in [5, 5.41) is 18.3. The highest BCUT2D eigenvalue weighted by Crippen LogP contribution is 2.37. The molecular weight excluding hydrogens is 521 g/mol. The number of halogens is 4. The number of sulfonamides is 1. The average molecular weight is 541 g/mol. The summed E-state index contributed by atoms with van der Waals surface area (Å²) in [4.78, 5) is 7.06. The third-order valence-electron chi connectivity index (χ3n) is 4.90. The molecule has 1 aromatic carbocycles. The number of benzene rings is 1. The zero-order chi connectivity index (χ0) is 26.3. The summed E-state index contributed by atoms with van der Waals surface area (Å²) in [6, 6.07) is 9.35. The van der Waals surface area contributed by atoms with Crippen molar-refractivity contribution in [2.24, 2.45) is 0 Å². The van der Waals surface area contributed by atoms with Gasteiger partial charge < -0.3 is 9.84 Å². The fourth-order valence-electron chi connectivity index (χ4n) is 3.20. The summed E-state index contributed by atoms with van der Waals surface area (Å²) >= 11 is 6.39. The van der Waals surface area contributed by atoms with E-state index in [2.05, 4.69) is 14.7 Å². The molecule has 0 aliphatic heterocycles. The number of hydrogen-bond acceptors (Lipinski definition) is 7. The highest BCUT2D eigenvalue weighted by Gasteiger charge is 2.33. The maximum Gasteiger partial charge on any atom is 0.433 e. The molecule has 0 fully saturated rings. The molecule has 0 spiro atoms. The van der Waals surface area contributed by atoms with Gasteiger partial charge in [0.2, 0.25) is 0 Å². The quantitative estimate of drug-likeness (QED) is 0.354. The van der Waals surface area contributed by atoms with Crippen LogP contribution < -0.4 is 4.72 Å². The Bertz CT molecular complexity index is 1360. The van der Waals surface area contributed by atoms with Crippen LogP contribution in [0.25, 0.3) is 11.1 Å². The van der Waals surface area contributed by atoms with E-state index in [4.69, 9.17) is 21.4 Å². The third kappa shape index (κ3) is 6.70. The second kappa shape index (κ2) is 11.7. The number of anilines is 1. The van der Waals surface area contributed by atoms with Gasteiger partial charge in [-0.25, -0.2) is 13.4 Å². The highest BCUT2D eigenvalue weighted by atomic mass is 35.5. The molecule has 36 heavy (non-hydrogen) atoms. The van der Waals surface area contributed by atoms with Gasteiger partial charge in [0.05, 0.1) is 23.1 Å². The maximum atomic E-state index is 13.3. The molecule has 3 rings (SSSR count). The van der Waals surface area contributed by atoms with Crippen LogP contribution in [0.4, 0.5) is 19.0 Å². The number of nitrogens with zero attached hydrogens (tertiary/aromatic N) is 3. The van der Waals surface area contributed by atoms with Crippen molar-refractivity contribution in [2.45, 2.75) is 30.5 Å². The smallest absolute Gasteiger partial charge is 0.396 e. The van der Waals surface area contributed by atoms with E-state index in [1.165, 1.54) is 18.3 Å². The molecule has 0 unspecified atom stereocenters. The Kier molecular flexibility index (Phi) is 8.86. The molecule has 0 saturated heterocycles. The fraction of sp³-hybridized carbons (Fsp3) is 0.261. The van der Waals surface area contributed by atoms with E-state index in [1.807, 2.05) is 0 Å². The van der Waals surface area contributed by atoms with Crippen molar-refractivity contribution in [3.05, 3.63) is 70.6 Å². The minimum absolute atomic E-state index is 0.000123. The van der Waals surface area contributed by atoms with Crippen molar-refractivity contribution in [1.29, 1.82) is 5.26 Å². The Morgan fingerprint density at radius 2 is 1.92 bits per heavy atom. The highest BCUT2D eigenvalue weighted by molar-refractivity contribution is 7.92. The minimum Gasteiger partial charge on any atom is -0.396 e. The van der Waals surface area contributed by atoms with E-state index in [0.29, 0.717) is 18.9 Å². The monoisotopic (exact) mass is 540 g/mol. The van der Waals surface area contributed by atoms with Crippen LogP contribution in [0.3, 0.4) is 0 Å². The summed E-state index contributed by atoms with van der Waals surface area (Å²) in [5.41, 5.74) is -1.54. The molecule has 0 amide bonds. The van der Waals surface area contributed by atoms with E-state index < -0.39 is 21.9 Å². The lowest BCUT2D eigenvalue weighted by molar-refractivity contribution is -0.141. The van der Waals surface area contributed by atoms with Gasteiger partial charge in [-0.1, -0.05) is 17.7 Å². The first-order valence-electron chi connectivity index (χ1n) is 10.5. The second-order valence-electron chi connectivity index (χ2n) is 7.47. The van der Waals surface area contributed by atoms with Gasteiger partial charge in [0.1, 0.15) is 11.5 Å². The van der Waals surface area contributed by atoms with Crippen molar-refractivity contribution < 1.29 is 31.4 Å². The maximum absolute atomic E-state index is 13.3. The predicted molar refractivity (Wildman–Crippen MR) is 125 cm³/mol. The van der Waals surface area contributed by atoms with Crippen molar-refractivity contribution in [3.8, 4) is 17.2 Å². The van der Waals surface area contributed by atoms with Crippen LogP contribution >= 0.6 is 11.6 Å². The van der Waals surface area contributed by atoms with Crippen molar-refractivity contribution in [3.63, 3.8) is 0 Å². The molecule has 0 aliphatic rings.